The van der Waals surface area contributed by atoms with E-state index < -0.39 is 24.3 Å². The molecule has 0 spiro atoms. The molecule has 2 N–H and O–H groups in total. The number of hydrogen-bond donors (Lipinski definition) is 2. The Labute approximate surface area is 199 Å². The molecule has 1 fully saturated rings. The predicted molar refractivity (Wildman–Crippen MR) is 123 cm³/mol. The van der Waals surface area contributed by atoms with Crippen LogP contribution in [-0.4, -0.2) is 42.3 Å². The van der Waals surface area contributed by atoms with Crippen LogP contribution in [0, 0.1) is 5.92 Å². The molecule has 0 radical (unpaired) electrons. The largest absolute Gasteiger partial charge is 0.459 e. The fourth-order valence-corrected chi connectivity index (χ4v) is 3.91. The molecule has 0 saturated carbocycles. The third kappa shape index (κ3) is 6.03. The second kappa shape index (κ2) is 10.8. The molecule has 1 unspecified atom stereocenters. The van der Waals surface area contributed by atoms with Crippen LogP contribution in [0.15, 0.2) is 71.3 Å². The van der Waals surface area contributed by atoms with Gasteiger partial charge in [0.25, 0.3) is 11.8 Å². The van der Waals surface area contributed by atoms with Crippen LogP contribution in [0.25, 0.3) is 0 Å². The Morgan fingerprint density at radius 1 is 1.00 bits per heavy atom. The molecule has 0 bridgehead atoms. The first-order valence-electron chi connectivity index (χ1n) is 11.0. The van der Waals surface area contributed by atoms with Crippen LogP contribution < -0.4 is 15.4 Å². The molecule has 2 aromatic carbocycles. The quantitative estimate of drug-likeness (QED) is 0.511. The third-order valence-electron chi connectivity index (χ3n) is 5.55. The standard InChI is InChI=1S/C25H23F2N3O5/c26-25(27)35-20-10-2-1-9-19(20)24(33)30-12-4-6-16(15-30)22(31)28-17-7-3-8-18(14-17)29-23(32)21-11-5-13-34-21/h1-3,5,7-11,13-14,16,25H,4,6,12,15H2,(H,28,31)(H,29,32). The number of carbonyl (C=O) groups is 3. The van der Waals surface area contributed by atoms with E-state index in [2.05, 4.69) is 15.4 Å². The maximum atomic E-state index is 13.0. The topological polar surface area (TPSA) is 101 Å². The molecule has 0 aliphatic carbocycles. The number of para-hydroxylation sites is 1. The molecular formula is C25H23F2N3O5. The Hall–Kier alpha value is -4.21. The molecule has 3 aromatic rings. The van der Waals surface area contributed by atoms with Gasteiger partial charge in [0.1, 0.15) is 5.75 Å². The molecule has 182 valence electrons. The van der Waals surface area contributed by atoms with Gasteiger partial charge in [-0.05, 0) is 55.3 Å². The normalized spacial score (nSPS) is 15.5. The molecule has 4 rings (SSSR count). The van der Waals surface area contributed by atoms with Gasteiger partial charge in [0.2, 0.25) is 5.91 Å². The molecule has 1 aromatic heterocycles. The van der Waals surface area contributed by atoms with E-state index in [1.165, 1.54) is 35.4 Å². The van der Waals surface area contributed by atoms with Gasteiger partial charge in [-0.2, -0.15) is 8.78 Å². The van der Waals surface area contributed by atoms with Crippen LogP contribution in [0.3, 0.4) is 0 Å². The number of nitrogens with one attached hydrogen (secondary N) is 2. The lowest BCUT2D eigenvalue weighted by atomic mass is 9.96. The summed E-state index contributed by atoms with van der Waals surface area (Å²) in [5, 5.41) is 5.52. The van der Waals surface area contributed by atoms with Gasteiger partial charge in [0, 0.05) is 24.5 Å². The summed E-state index contributed by atoms with van der Waals surface area (Å²) in [6.45, 7) is -2.51. The summed E-state index contributed by atoms with van der Waals surface area (Å²) in [4.78, 5) is 39.6. The summed E-state index contributed by atoms with van der Waals surface area (Å²) in [6.07, 6.45) is 2.55. The van der Waals surface area contributed by atoms with Crippen LogP contribution in [0.1, 0.15) is 33.8 Å². The van der Waals surface area contributed by atoms with Gasteiger partial charge in [0.15, 0.2) is 5.76 Å². The minimum Gasteiger partial charge on any atom is -0.459 e. The van der Waals surface area contributed by atoms with Gasteiger partial charge >= 0.3 is 6.61 Å². The van der Waals surface area contributed by atoms with Crippen LogP contribution in [0.5, 0.6) is 5.75 Å². The minimum absolute atomic E-state index is 0.0221. The molecule has 10 heteroatoms. The van der Waals surface area contributed by atoms with E-state index >= 15 is 0 Å². The van der Waals surface area contributed by atoms with Gasteiger partial charge in [-0.15, -0.1) is 0 Å². The van der Waals surface area contributed by atoms with E-state index in [0.717, 1.165) is 0 Å². The Kier molecular flexibility index (Phi) is 7.39. The summed E-state index contributed by atoms with van der Waals surface area (Å²) >= 11 is 0. The minimum atomic E-state index is -3.05. The van der Waals surface area contributed by atoms with Gasteiger partial charge < -0.3 is 24.7 Å². The van der Waals surface area contributed by atoms with Gasteiger partial charge in [-0.1, -0.05) is 18.2 Å². The van der Waals surface area contributed by atoms with E-state index in [0.29, 0.717) is 30.8 Å². The molecular weight excluding hydrogens is 460 g/mol. The number of furan rings is 1. The number of ether oxygens (including phenoxy) is 1. The number of likely N-dealkylation sites (tertiary alicyclic amines) is 1. The smallest absolute Gasteiger partial charge is 0.387 e. The van der Waals surface area contributed by atoms with Crippen LogP contribution in [-0.2, 0) is 4.79 Å². The second-order valence-corrected chi connectivity index (χ2v) is 7.97. The lowest BCUT2D eigenvalue weighted by Crippen LogP contribution is -2.43. The molecule has 1 saturated heterocycles. The van der Waals surface area contributed by atoms with Crippen LogP contribution in [0.2, 0.25) is 0 Å². The number of nitrogens with zero attached hydrogens (tertiary/aromatic N) is 1. The number of rotatable bonds is 7. The number of carbonyl (C=O) groups excluding carboxylic acids is 3. The lowest BCUT2D eigenvalue weighted by molar-refractivity contribution is -0.121. The fourth-order valence-electron chi connectivity index (χ4n) is 3.91. The molecule has 2 heterocycles. The van der Waals surface area contributed by atoms with Crippen molar-refractivity contribution >= 4 is 29.1 Å². The number of piperidine rings is 1. The van der Waals surface area contributed by atoms with Crippen molar-refractivity contribution in [3.05, 3.63) is 78.3 Å². The Bertz CT molecular complexity index is 1200. The molecule has 3 amide bonds. The summed E-state index contributed by atoms with van der Waals surface area (Å²) in [6, 6.07) is 15.6. The van der Waals surface area contributed by atoms with Crippen molar-refractivity contribution in [3.63, 3.8) is 0 Å². The van der Waals surface area contributed by atoms with E-state index in [1.807, 2.05) is 0 Å². The lowest BCUT2D eigenvalue weighted by Gasteiger charge is -2.32. The van der Waals surface area contributed by atoms with Crippen molar-refractivity contribution in [1.29, 1.82) is 0 Å². The molecule has 1 aliphatic heterocycles. The first kappa shape index (κ1) is 23.9. The fraction of sp³-hybridized carbons (Fsp3) is 0.240. The summed E-state index contributed by atoms with van der Waals surface area (Å²) in [5.41, 5.74) is 0.973. The van der Waals surface area contributed by atoms with Crippen molar-refractivity contribution in [2.75, 3.05) is 23.7 Å². The average Bonchev–Trinajstić information content (AvgIpc) is 3.39. The van der Waals surface area contributed by atoms with Gasteiger partial charge in [-0.3, -0.25) is 14.4 Å². The monoisotopic (exact) mass is 483 g/mol. The zero-order chi connectivity index (χ0) is 24.8. The molecule has 8 nitrogen and oxygen atoms in total. The number of alkyl halides is 2. The summed E-state index contributed by atoms with van der Waals surface area (Å²) < 4.78 is 35.0. The SMILES string of the molecule is O=C(Nc1cccc(NC(=O)C2CCCN(C(=O)c3ccccc3OC(F)F)C2)c1)c1ccco1. The van der Waals surface area contributed by atoms with E-state index in [1.54, 1.807) is 36.4 Å². The highest BCUT2D eigenvalue weighted by molar-refractivity contribution is 6.03. The first-order valence-corrected chi connectivity index (χ1v) is 11.0. The van der Waals surface area contributed by atoms with Crippen molar-refractivity contribution in [2.45, 2.75) is 19.5 Å². The number of benzene rings is 2. The zero-order valence-electron chi connectivity index (χ0n) is 18.6. The third-order valence-corrected chi connectivity index (χ3v) is 5.55. The van der Waals surface area contributed by atoms with Crippen molar-refractivity contribution < 1.29 is 32.3 Å². The maximum absolute atomic E-state index is 13.0. The van der Waals surface area contributed by atoms with E-state index in [9.17, 15) is 23.2 Å². The summed E-state index contributed by atoms with van der Waals surface area (Å²) in [7, 11) is 0. The highest BCUT2D eigenvalue weighted by atomic mass is 19.3. The Morgan fingerprint density at radius 3 is 2.51 bits per heavy atom. The summed E-state index contributed by atoms with van der Waals surface area (Å²) in [5.74, 6) is -1.71. The van der Waals surface area contributed by atoms with Crippen molar-refractivity contribution in [1.82, 2.24) is 4.90 Å². The van der Waals surface area contributed by atoms with Crippen LogP contribution >= 0.6 is 0 Å². The molecule has 1 aliphatic rings. The predicted octanol–water partition coefficient (Wildman–Crippen LogP) is 4.62. The second-order valence-electron chi connectivity index (χ2n) is 7.97. The maximum Gasteiger partial charge on any atom is 0.387 e. The molecule has 35 heavy (non-hydrogen) atoms. The van der Waals surface area contributed by atoms with E-state index in [4.69, 9.17) is 4.42 Å². The van der Waals surface area contributed by atoms with Crippen LogP contribution in [0.4, 0.5) is 20.2 Å². The zero-order valence-corrected chi connectivity index (χ0v) is 18.6. The van der Waals surface area contributed by atoms with Crippen molar-refractivity contribution in [3.8, 4) is 5.75 Å². The number of anilines is 2. The van der Waals surface area contributed by atoms with Gasteiger partial charge in [0.05, 0.1) is 17.7 Å². The number of halogens is 2. The Balaban J connectivity index is 1.39. The van der Waals surface area contributed by atoms with Crippen molar-refractivity contribution in [2.24, 2.45) is 5.92 Å². The first-order chi connectivity index (χ1) is 16.9. The highest BCUT2D eigenvalue weighted by Crippen LogP contribution is 2.26. The molecule has 1 atom stereocenters. The highest BCUT2D eigenvalue weighted by Gasteiger charge is 2.30. The number of hydrogen-bond acceptors (Lipinski definition) is 5. The average molecular weight is 483 g/mol. The van der Waals surface area contributed by atoms with E-state index in [-0.39, 0.29) is 29.5 Å². The Morgan fingerprint density at radius 2 is 1.77 bits per heavy atom. The van der Waals surface area contributed by atoms with Gasteiger partial charge in [-0.25, -0.2) is 0 Å². The number of amides is 3.